The maximum absolute atomic E-state index is 12.9. The van der Waals surface area contributed by atoms with Crippen LogP contribution >= 0.6 is 23.4 Å². The van der Waals surface area contributed by atoms with Gasteiger partial charge >= 0.3 is 5.97 Å². The number of methoxy groups -OCH3 is 2. The number of carbonyl (C=O) groups excluding carboxylic acids is 1. The number of thioether (sulfide) groups is 1. The summed E-state index contributed by atoms with van der Waals surface area (Å²) in [5, 5.41) is 20.5. The SMILES string of the molecule is COc1ccc(-c2nnc(SC(C)C(=O)Nc3cc(C(=O)O)ccc3Cl)nc2-c2ccc(OC)cc2)cc1. The summed E-state index contributed by atoms with van der Waals surface area (Å²) in [6.07, 6.45) is 0. The molecule has 0 bridgehead atoms. The van der Waals surface area contributed by atoms with Gasteiger partial charge in [-0.3, -0.25) is 4.79 Å². The summed E-state index contributed by atoms with van der Waals surface area (Å²) in [6, 6.07) is 18.9. The normalized spacial score (nSPS) is 11.5. The second kappa shape index (κ2) is 11.9. The Labute approximate surface area is 228 Å². The Bertz CT molecular complexity index is 1470. The van der Waals surface area contributed by atoms with Crippen molar-refractivity contribution in [3.63, 3.8) is 0 Å². The van der Waals surface area contributed by atoms with Crippen molar-refractivity contribution in [2.75, 3.05) is 19.5 Å². The van der Waals surface area contributed by atoms with Gasteiger partial charge in [0, 0.05) is 11.1 Å². The van der Waals surface area contributed by atoms with Crippen molar-refractivity contribution in [2.45, 2.75) is 17.3 Å². The molecule has 1 aromatic heterocycles. The highest BCUT2D eigenvalue weighted by Crippen LogP contribution is 2.33. The molecule has 0 radical (unpaired) electrons. The van der Waals surface area contributed by atoms with Crippen molar-refractivity contribution in [2.24, 2.45) is 0 Å². The van der Waals surface area contributed by atoms with E-state index in [0.717, 1.165) is 22.9 Å². The van der Waals surface area contributed by atoms with E-state index in [2.05, 4.69) is 15.5 Å². The summed E-state index contributed by atoms with van der Waals surface area (Å²) in [7, 11) is 3.19. The number of nitrogens with zero attached hydrogens (tertiary/aromatic N) is 3. The van der Waals surface area contributed by atoms with Gasteiger partial charge < -0.3 is 19.9 Å². The Kier molecular flexibility index (Phi) is 8.45. The maximum Gasteiger partial charge on any atom is 0.335 e. The first kappa shape index (κ1) is 26.9. The molecule has 4 rings (SSSR count). The first-order chi connectivity index (χ1) is 18.3. The monoisotopic (exact) mass is 550 g/mol. The zero-order valence-electron chi connectivity index (χ0n) is 20.6. The number of hydrogen-bond donors (Lipinski definition) is 2. The Hall–Kier alpha value is -4.15. The van der Waals surface area contributed by atoms with Crippen molar-refractivity contribution < 1.29 is 24.2 Å². The minimum Gasteiger partial charge on any atom is -0.497 e. The third kappa shape index (κ3) is 6.21. The van der Waals surface area contributed by atoms with E-state index in [0.29, 0.717) is 28.0 Å². The number of amides is 1. The third-order valence-corrected chi connectivity index (χ3v) is 6.80. The van der Waals surface area contributed by atoms with Gasteiger partial charge in [-0.05, 0) is 73.7 Å². The van der Waals surface area contributed by atoms with E-state index in [1.165, 1.54) is 18.2 Å². The molecule has 3 aromatic carbocycles. The van der Waals surface area contributed by atoms with Crippen molar-refractivity contribution in [1.29, 1.82) is 0 Å². The number of halogens is 1. The van der Waals surface area contributed by atoms with E-state index < -0.39 is 17.1 Å². The Balaban J connectivity index is 1.62. The summed E-state index contributed by atoms with van der Waals surface area (Å²) >= 11 is 7.26. The number of anilines is 1. The molecule has 9 nitrogen and oxygen atoms in total. The molecule has 1 heterocycles. The van der Waals surface area contributed by atoms with E-state index in [1.54, 1.807) is 21.1 Å². The third-order valence-electron chi connectivity index (χ3n) is 5.52. The minimum absolute atomic E-state index is 0.00999. The largest absolute Gasteiger partial charge is 0.497 e. The van der Waals surface area contributed by atoms with Gasteiger partial charge in [0.25, 0.3) is 0 Å². The zero-order valence-corrected chi connectivity index (χ0v) is 22.2. The molecule has 0 saturated heterocycles. The molecule has 0 saturated carbocycles. The average molecular weight is 551 g/mol. The van der Waals surface area contributed by atoms with Crippen LogP contribution in [-0.4, -0.2) is 51.6 Å². The molecule has 0 aliphatic heterocycles. The molecule has 2 N–H and O–H groups in total. The quantitative estimate of drug-likeness (QED) is 0.253. The Morgan fingerprint density at radius 3 is 2.03 bits per heavy atom. The van der Waals surface area contributed by atoms with E-state index in [4.69, 9.17) is 26.1 Å². The van der Waals surface area contributed by atoms with Crippen LogP contribution < -0.4 is 14.8 Å². The fourth-order valence-electron chi connectivity index (χ4n) is 3.45. The number of carbonyl (C=O) groups is 2. The van der Waals surface area contributed by atoms with Gasteiger partial charge in [-0.2, -0.15) is 0 Å². The zero-order chi connectivity index (χ0) is 27.2. The predicted molar refractivity (Wildman–Crippen MR) is 146 cm³/mol. The molecule has 0 aliphatic carbocycles. The van der Waals surface area contributed by atoms with Crippen molar-refractivity contribution in [3.05, 3.63) is 77.3 Å². The predicted octanol–water partition coefficient (Wildman–Crippen LogP) is 5.69. The summed E-state index contributed by atoms with van der Waals surface area (Å²) in [6.45, 7) is 1.68. The van der Waals surface area contributed by atoms with Crippen molar-refractivity contribution in [3.8, 4) is 34.0 Å². The molecule has 0 aliphatic rings. The van der Waals surface area contributed by atoms with Crippen LogP contribution in [0.3, 0.4) is 0 Å². The number of ether oxygens (including phenoxy) is 2. The van der Waals surface area contributed by atoms with E-state index in [1.807, 2.05) is 48.5 Å². The highest BCUT2D eigenvalue weighted by molar-refractivity contribution is 8.00. The van der Waals surface area contributed by atoms with Crippen LogP contribution in [0, 0.1) is 0 Å². The number of hydrogen-bond acceptors (Lipinski definition) is 8. The van der Waals surface area contributed by atoms with Gasteiger partial charge in [-0.1, -0.05) is 23.4 Å². The van der Waals surface area contributed by atoms with Gasteiger partial charge in [-0.25, -0.2) is 9.78 Å². The van der Waals surface area contributed by atoms with Crippen LogP contribution in [0.2, 0.25) is 5.02 Å². The van der Waals surface area contributed by atoms with Crippen molar-refractivity contribution in [1.82, 2.24) is 15.2 Å². The number of benzene rings is 3. The smallest absolute Gasteiger partial charge is 0.335 e. The van der Waals surface area contributed by atoms with Crippen LogP contribution in [0.25, 0.3) is 22.5 Å². The Morgan fingerprint density at radius 1 is 0.895 bits per heavy atom. The highest BCUT2D eigenvalue weighted by atomic mass is 35.5. The van der Waals surface area contributed by atoms with Gasteiger partial charge in [0.05, 0.1) is 35.7 Å². The molecule has 1 atom stereocenters. The Morgan fingerprint density at radius 2 is 1.47 bits per heavy atom. The van der Waals surface area contributed by atoms with Crippen LogP contribution in [0.15, 0.2) is 71.9 Å². The lowest BCUT2D eigenvalue weighted by Crippen LogP contribution is -2.23. The first-order valence-electron chi connectivity index (χ1n) is 11.3. The topological polar surface area (TPSA) is 124 Å². The summed E-state index contributed by atoms with van der Waals surface area (Å²) in [5.74, 6) is -0.107. The molecule has 0 spiro atoms. The van der Waals surface area contributed by atoms with Gasteiger partial charge in [0.1, 0.15) is 22.9 Å². The highest BCUT2D eigenvalue weighted by Gasteiger charge is 2.21. The fourth-order valence-corrected chi connectivity index (χ4v) is 4.33. The number of nitrogens with one attached hydrogen (secondary N) is 1. The lowest BCUT2D eigenvalue weighted by molar-refractivity contribution is -0.115. The lowest BCUT2D eigenvalue weighted by atomic mass is 10.0. The summed E-state index contributed by atoms with van der Waals surface area (Å²) in [4.78, 5) is 28.9. The number of aromatic carboxylic acids is 1. The standard InChI is InChI=1S/C27H23ClN4O5S/c1-15(25(33)29-22-14-18(26(34)35)8-13-21(22)28)38-27-30-23(16-4-9-19(36-2)10-5-16)24(31-32-27)17-6-11-20(37-3)12-7-17/h4-15H,1-3H3,(H,29,33)(H,34,35). The van der Waals surface area contributed by atoms with Crippen LogP contribution in [0.4, 0.5) is 5.69 Å². The number of aromatic nitrogens is 3. The first-order valence-corrected chi connectivity index (χ1v) is 12.6. The molecule has 0 fully saturated rings. The minimum atomic E-state index is -1.12. The van der Waals surface area contributed by atoms with Crippen LogP contribution in [0.1, 0.15) is 17.3 Å². The number of rotatable bonds is 9. The van der Waals surface area contributed by atoms with Gasteiger partial charge in [0.15, 0.2) is 0 Å². The van der Waals surface area contributed by atoms with Crippen LogP contribution in [0.5, 0.6) is 11.5 Å². The summed E-state index contributed by atoms with van der Waals surface area (Å²) in [5.41, 5.74) is 2.96. The summed E-state index contributed by atoms with van der Waals surface area (Å²) < 4.78 is 10.5. The molecular weight excluding hydrogens is 528 g/mol. The number of carboxylic acids is 1. The lowest BCUT2D eigenvalue weighted by Gasteiger charge is -2.14. The number of carboxylic acid groups (broad SMARTS) is 1. The molecular formula is C27H23ClN4O5S. The molecule has 1 unspecified atom stereocenters. The van der Waals surface area contributed by atoms with Crippen LogP contribution in [-0.2, 0) is 4.79 Å². The molecule has 4 aromatic rings. The van der Waals surface area contributed by atoms with E-state index in [-0.39, 0.29) is 16.3 Å². The molecule has 1 amide bonds. The van der Waals surface area contributed by atoms with Gasteiger partial charge in [0.2, 0.25) is 11.1 Å². The molecule has 194 valence electrons. The molecule has 38 heavy (non-hydrogen) atoms. The van der Waals surface area contributed by atoms with Crippen molar-refractivity contribution >= 4 is 40.9 Å². The molecule has 11 heteroatoms. The van der Waals surface area contributed by atoms with Gasteiger partial charge in [-0.15, -0.1) is 10.2 Å². The van der Waals surface area contributed by atoms with E-state index in [9.17, 15) is 14.7 Å². The average Bonchev–Trinajstić information content (AvgIpc) is 2.94. The maximum atomic E-state index is 12.9. The fraction of sp³-hybridized carbons (Fsp3) is 0.148. The second-order valence-corrected chi connectivity index (χ2v) is 9.71. The second-order valence-electron chi connectivity index (χ2n) is 8.00. The van der Waals surface area contributed by atoms with E-state index >= 15 is 0 Å².